The molecule has 36 heavy (non-hydrogen) atoms. The van der Waals surface area contributed by atoms with Gasteiger partial charge in [-0.1, -0.05) is 64.1 Å². The second-order valence-electron chi connectivity index (χ2n) is 9.92. The predicted molar refractivity (Wildman–Crippen MR) is 144 cm³/mol. The van der Waals surface area contributed by atoms with Crippen LogP contribution in [-0.2, 0) is 9.59 Å². The van der Waals surface area contributed by atoms with Gasteiger partial charge in [0.15, 0.2) is 0 Å². The summed E-state index contributed by atoms with van der Waals surface area (Å²) in [6.45, 7) is 10.3. The van der Waals surface area contributed by atoms with E-state index in [-0.39, 0.29) is 11.3 Å². The van der Waals surface area contributed by atoms with Crippen LogP contribution in [0.5, 0.6) is 5.75 Å². The van der Waals surface area contributed by atoms with Gasteiger partial charge in [-0.15, -0.1) is 0 Å². The lowest BCUT2D eigenvalue weighted by molar-refractivity contribution is -0.132. The summed E-state index contributed by atoms with van der Waals surface area (Å²) < 4.78 is 5.29. The van der Waals surface area contributed by atoms with E-state index in [9.17, 15) is 14.7 Å². The number of anilines is 1. The van der Waals surface area contributed by atoms with Crippen LogP contribution in [0.2, 0.25) is 0 Å². The molecule has 1 saturated heterocycles. The largest absolute Gasteiger partial charge is 0.507 e. The van der Waals surface area contributed by atoms with Crippen molar-refractivity contribution >= 4 is 23.1 Å². The molecule has 0 bridgehead atoms. The van der Waals surface area contributed by atoms with Gasteiger partial charge in [-0.05, 0) is 71.3 Å². The van der Waals surface area contributed by atoms with Gasteiger partial charge in [-0.3, -0.25) is 14.5 Å². The third kappa shape index (κ3) is 4.53. The molecule has 1 aliphatic rings. The number of aliphatic hydroxyl groups excluding tert-OH is 1. The number of ether oxygens (including phenoxy) is 1. The zero-order chi connectivity index (χ0) is 26.1. The molecule has 0 aromatic heterocycles. The van der Waals surface area contributed by atoms with E-state index in [1.54, 1.807) is 25.3 Å². The molecule has 5 nitrogen and oxygen atoms in total. The molecule has 1 fully saturated rings. The van der Waals surface area contributed by atoms with Crippen LogP contribution in [0.15, 0.2) is 72.3 Å². The minimum Gasteiger partial charge on any atom is -0.507 e. The fourth-order valence-electron chi connectivity index (χ4n) is 4.67. The number of ketones is 1. The summed E-state index contributed by atoms with van der Waals surface area (Å²) in [5.74, 6) is -0.210. The molecule has 1 amide bonds. The van der Waals surface area contributed by atoms with Gasteiger partial charge in [-0.2, -0.15) is 0 Å². The van der Waals surface area contributed by atoms with E-state index in [1.807, 2.05) is 55.5 Å². The zero-order valence-corrected chi connectivity index (χ0v) is 21.7. The summed E-state index contributed by atoms with van der Waals surface area (Å²) in [6.07, 6.45) is 0. The fraction of sp³-hybridized carbons (Fsp3) is 0.290. The van der Waals surface area contributed by atoms with Gasteiger partial charge in [0.25, 0.3) is 11.7 Å². The van der Waals surface area contributed by atoms with Crippen LogP contribution < -0.4 is 9.64 Å². The van der Waals surface area contributed by atoms with E-state index in [2.05, 4.69) is 27.7 Å². The third-order valence-corrected chi connectivity index (χ3v) is 6.89. The number of rotatable bonds is 6. The van der Waals surface area contributed by atoms with Crippen molar-refractivity contribution in [3.05, 3.63) is 100 Å². The summed E-state index contributed by atoms with van der Waals surface area (Å²) in [5.41, 5.74) is 4.99. The average Bonchev–Trinajstić information content (AvgIpc) is 3.13. The van der Waals surface area contributed by atoms with E-state index in [1.165, 1.54) is 4.90 Å². The molecule has 0 spiro atoms. The monoisotopic (exact) mass is 483 g/mol. The summed E-state index contributed by atoms with van der Waals surface area (Å²) in [4.78, 5) is 28.4. The molecule has 0 aliphatic carbocycles. The molecule has 5 heteroatoms. The van der Waals surface area contributed by atoms with Crippen molar-refractivity contribution in [2.24, 2.45) is 0 Å². The summed E-state index contributed by atoms with van der Waals surface area (Å²) in [5, 5.41) is 11.4. The van der Waals surface area contributed by atoms with E-state index in [0.29, 0.717) is 28.8 Å². The summed E-state index contributed by atoms with van der Waals surface area (Å²) in [7, 11) is 1.57. The van der Waals surface area contributed by atoms with Crippen molar-refractivity contribution < 1.29 is 19.4 Å². The second kappa shape index (κ2) is 10.0. The van der Waals surface area contributed by atoms with E-state index < -0.39 is 17.7 Å². The minimum atomic E-state index is -0.752. The number of hydrogen-bond donors (Lipinski definition) is 1. The normalized spacial score (nSPS) is 17.3. The molecule has 1 atom stereocenters. The highest BCUT2D eigenvalue weighted by atomic mass is 16.5. The minimum absolute atomic E-state index is 0.0819. The molecule has 1 N–H and O–H groups in total. The van der Waals surface area contributed by atoms with Crippen molar-refractivity contribution in [1.82, 2.24) is 0 Å². The summed E-state index contributed by atoms with van der Waals surface area (Å²) in [6, 6.07) is 20.1. The molecule has 1 heterocycles. The number of methoxy groups -OCH3 is 1. The first-order chi connectivity index (χ1) is 17.1. The van der Waals surface area contributed by atoms with Crippen molar-refractivity contribution in [3.63, 3.8) is 0 Å². The average molecular weight is 484 g/mol. The van der Waals surface area contributed by atoms with E-state index >= 15 is 0 Å². The SMILES string of the molecule is COc1ccc(/C(O)=C2/C(=O)C(=O)N(c3ccc(C(C)C)cc3)C2c2ccc(C(C)C)cc2)c(C)c1. The Morgan fingerprint density at radius 1 is 0.861 bits per heavy atom. The number of aliphatic hydroxyl groups is 1. The van der Waals surface area contributed by atoms with Crippen molar-refractivity contribution in [3.8, 4) is 5.75 Å². The maximum atomic E-state index is 13.4. The van der Waals surface area contributed by atoms with Crippen LogP contribution in [0.25, 0.3) is 5.76 Å². The molecule has 1 aliphatic heterocycles. The first-order valence-corrected chi connectivity index (χ1v) is 12.3. The first kappa shape index (κ1) is 25.2. The Balaban J connectivity index is 1.91. The van der Waals surface area contributed by atoms with Crippen LogP contribution >= 0.6 is 0 Å². The Morgan fingerprint density at radius 3 is 1.92 bits per heavy atom. The van der Waals surface area contributed by atoms with Gasteiger partial charge in [-0.25, -0.2) is 0 Å². The number of Topliss-reactive ketones (excluding diaryl/α,β-unsaturated/α-hetero) is 1. The van der Waals surface area contributed by atoms with Gasteiger partial charge in [0.05, 0.1) is 18.7 Å². The standard InChI is InChI=1S/C31H33NO4/c1-18(2)21-7-9-23(10-8-21)28-27(29(33)26-16-15-25(36-6)17-20(26)5)30(34)31(35)32(28)24-13-11-22(12-14-24)19(3)4/h7-19,28,33H,1-6H3/b29-27-. The summed E-state index contributed by atoms with van der Waals surface area (Å²) >= 11 is 0. The van der Waals surface area contributed by atoms with Crippen LogP contribution in [-0.4, -0.2) is 23.9 Å². The van der Waals surface area contributed by atoms with Crippen LogP contribution in [0.4, 0.5) is 5.69 Å². The lowest BCUT2D eigenvalue weighted by Crippen LogP contribution is -2.29. The van der Waals surface area contributed by atoms with Gasteiger partial charge in [0, 0.05) is 11.3 Å². The zero-order valence-electron chi connectivity index (χ0n) is 21.7. The lowest BCUT2D eigenvalue weighted by atomic mass is 9.92. The molecule has 0 saturated carbocycles. The fourth-order valence-corrected chi connectivity index (χ4v) is 4.67. The maximum absolute atomic E-state index is 13.4. The number of benzene rings is 3. The van der Waals surface area contributed by atoms with Crippen LogP contribution in [0.3, 0.4) is 0 Å². The molecular formula is C31H33NO4. The Hall–Kier alpha value is -3.86. The van der Waals surface area contributed by atoms with Crippen LogP contribution in [0.1, 0.15) is 73.4 Å². The Bertz CT molecular complexity index is 1320. The van der Waals surface area contributed by atoms with Gasteiger partial charge in [0.1, 0.15) is 11.5 Å². The number of carbonyl (C=O) groups excluding carboxylic acids is 2. The molecule has 3 aromatic rings. The quantitative estimate of drug-likeness (QED) is 0.236. The Kier molecular flexibility index (Phi) is 7.02. The topological polar surface area (TPSA) is 66.8 Å². The molecular weight excluding hydrogens is 450 g/mol. The van der Waals surface area contributed by atoms with E-state index in [0.717, 1.165) is 22.3 Å². The predicted octanol–water partition coefficient (Wildman–Crippen LogP) is 6.88. The Labute approximate surface area is 213 Å². The van der Waals surface area contributed by atoms with Crippen LogP contribution in [0, 0.1) is 6.92 Å². The third-order valence-electron chi connectivity index (χ3n) is 6.89. The van der Waals surface area contributed by atoms with Crippen molar-refractivity contribution in [1.29, 1.82) is 0 Å². The number of amides is 1. The lowest BCUT2D eigenvalue weighted by Gasteiger charge is -2.26. The smallest absolute Gasteiger partial charge is 0.300 e. The molecule has 1 unspecified atom stereocenters. The molecule has 0 radical (unpaired) electrons. The maximum Gasteiger partial charge on any atom is 0.300 e. The number of carbonyl (C=O) groups is 2. The highest BCUT2D eigenvalue weighted by molar-refractivity contribution is 6.51. The highest BCUT2D eigenvalue weighted by Crippen LogP contribution is 2.43. The van der Waals surface area contributed by atoms with Crippen molar-refractivity contribution in [2.45, 2.75) is 52.5 Å². The molecule has 186 valence electrons. The first-order valence-electron chi connectivity index (χ1n) is 12.3. The van der Waals surface area contributed by atoms with E-state index in [4.69, 9.17) is 4.74 Å². The molecule has 4 rings (SSSR count). The number of aryl methyl sites for hydroxylation is 1. The Morgan fingerprint density at radius 2 is 1.42 bits per heavy atom. The second-order valence-corrected chi connectivity index (χ2v) is 9.92. The number of hydrogen-bond acceptors (Lipinski definition) is 4. The van der Waals surface area contributed by atoms with Crippen molar-refractivity contribution in [2.75, 3.05) is 12.0 Å². The van der Waals surface area contributed by atoms with Gasteiger partial charge < -0.3 is 9.84 Å². The van der Waals surface area contributed by atoms with Gasteiger partial charge in [0.2, 0.25) is 0 Å². The number of nitrogens with zero attached hydrogens (tertiary/aromatic N) is 1. The van der Waals surface area contributed by atoms with Gasteiger partial charge >= 0.3 is 0 Å². The molecule has 3 aromatic carbocycles. The highest BCUT2D eigenvalue weighted by Gasteiger charge is 2.47.